The summed E-state index contributed by atoms with van der Waals surface area (Å²) in [6.45, 7) is 5.04. The molecule has 2 bridgehead atoms. The van der Waals surface area contributed by atoms with Crippen molar-refractivity contribution in [1.29, 1.82) is 0 Å². The third kappa shape index (κ3) is 10.6. The van der Waals surface area contributed by atoms with Gasteiger partial charge < -0.3 is 25.2 Å². The Bertz CT molecular complexity index is 1720. The van der Waals surface area contributed by atoms with E-state index < -0.39 is 41.6 Å². The summed E-state index contributed by atoms with van der Waals surface area (Å²) in [6.07, 6.45) is 8.81. The number of benzene rings is 2. The van der Waals surface area contributed by atoms with Gasteiger partial charge in [-0.25, -0.2) is 8.78 Å². The van der Waals surface area contributed by atoms with E-state index in [9.17, 15) is 28.0 Å². The van der Waals surface area contributed by atoms with Crippen LogP contribution in [0.4, 0.5) is 8.78 Å². The molecule has 3 atom stereocenters. The molecule has 0 spiro atoms. The normalized spacial score (nSPS) is 21.8. The number of hydrogen-bond donors (Lipinski definition) is 2. The summed E-state index contributed by atoms with van der Waals surface area (Å²) in [5.74, 6) is -4.64. The van der Waals surface area contributed by atoms with Crippen molar-refractivity contribution in [3.8, 4) is 5.75 Å². The highest BCUT2D eigenvalue weighted by atomic mass is 19.2. The molecule has 1 saturated heterocycles. The number of fused-ring (bicyclic) bond motifs is 4. The summed E-state index contributed by atoms with van der Waals surface area (Å²) in [7, 11) is 1.60. The smallest absolute Gasteiger partial charge is 0.255 e. The third-order valence-electron chi connectivity index (χ3n) is 9.86. The number of aromatic nitrogens is 3. The minimum Gasteiger partial charge on any atom is -0.486 e. The van der Waals surface area contributed by atoms with E-state index in [1.165, 1.54) is 9.80 Å². The van der Waals surface area contributed by atoms with E-state index in [2.05, 4.69) is 20.9 Å². The van der Waals surface area contributed by atoms with Crippen molar-refractivity contribution < 1.29 is 32.7 Å². The van der Waals surface area contributed by atoms with E-state index in [1.54, 1.807) is 17.9 Å². The zero-order chi connectivity index (χ0) is 37.9. The third-order valence-corrected chi connectivity index (χ3v) is 9.86. The second kappa shape index (κ2) is 18.7. The Balaban J connectivity index is 1.42. The number of hydrogen-bond acceptors (Lipinski definition) is 7. The summed E-state index contributed by atoms with van der Waals surface area (Å²) in [6, 6.07) is 8.30. The lowest BCUT2D eigenvalue weighted by atomic mass is 10.0. The SMILES string of the molecule is CC(C)C[C@H]1NC(=O)c2cc(F)c(F)cc2OCc2cn(nn2)CCCCCCCCNC(=O)[C@H](Cc2ccccc2)N(C)C(=O)[C@H]2CCCN2C1=O. The molecule has 14 heteroatoms. The lowest BCUT2D eigenvalue weighted by molar-refractivity contribution is -0.147. The Labute approximate surface area is 309 Å². The lowest BCUT2D eigenvalue weighted by Gasteiger charge is -2.34. The van der Waals surface area contributed by atoms with Crippen LogP contribution in [0.5, 0.6) is 5.75 Å². The summed E-state index contributed by atoms with van der Waals surface area (Å²) in [5, 5.41) is 14.0. The van der Waals surface area contributed by atoms with Crippen LogP contribution in [0.2, 0.25) is 0 Å². The molecule has 12 nitrogen and oxygen atoms in total. The molecule has 3 heterocycles. The van der Waals surface area contributed by atoms with Crippen molar-refractivity contribution in [2.24, 2.45) is 5.92 Å². The molecule has 0 aliphatic carbocycles. The summed E-state index contributed by atoms with van der Waals surface area (Å²) in [5.41, 5.74) is 1.05. The Kier molecular flexibility index (Phi) is 13.9. The van der Waals surface area contributed by atoms with Gasteiger partial charge >= 0.3 is 0 Å². The Hall–Kier alpha value is -4.88. The minimum atomic E-state index is -1.25. The number of nitrogens with one attached hydrogen (secondary N) is 2. The van der Waals surface area contributed by atoms with Crippen LogP contribution in [0.1, 0.15) is 93.3 Å². The van der Waals surface area contributed by atoms with Gasteiger partial charge in [0.15, 0.2) is 11.6 Å². The van der Waals surface area contributed by atoms with Gasteiger partial charge in [0, 0.05) is 39.2 Å². The maximum Gasteiger partial charge on any atom is 0.255 e. The van der Waals surface area contributed by atoms with Gasteiger partial charge in [-0.1, -0.05) is 75.1 Å². The van der Waals surface area contributed by atoms with Gasteiger partial charge in [0.25, 0.3) is 5.91 Å². The predicted molar refractivity (Wildman–Crippen MR) is 194 cm³/mol. The van der Waals surface area contributed by atoms with Gasteiger partial charge in [-0.2, -0.15) is 0 Å². The van der Waals surface area contributed by atoms with Crippen LogP contribution < -0.4 is 15.4 Å². The van der Waals surface area contributed by atoms with E-state index in [0.717, 1.165) is 56.2 Å². The van der Waals surface area contributed by atoms with E-state index in [-0.39, 0.29) is 48.6 Å². The number of carbonyl (C=O) groups is 4. The molecule has 3 aromatic rings. The second-order valence-electron chi connectivity index (χ2n) is 14.4. The first-order chi connectivity index (χ1) is 25.5. The fourth-order valence-corrected chi connectivity index (χ4v) is 6.97. The van der Waals surface area contributed by atoms with Gasteiger partial charge in [-0.3, -0.25) is 23.9 Å². The topological polar surface area (TPSA) is 139 Å². The van der Waals surface area contributed by atoms with Crippen LogP contribution in [-0.2, 0) is 34.0 Å². The molecule has 1 fully saturated rings. The van der Waals surface area contributed by atoms with Crippen molar-refractivity contribution >= 4 is 23.6 Å². The fraction of sp³-hybridized carbons (Fsp3) is 0.538. The fourth-order valence-electron chi connectivity index (χ4n) is 6.97. The molecule has 2 aromatic carbocycles. The monoisotopic (exact) mass is 735 g/mol. The number of aryl methyl sites for hydroxylation is 1. The Morgan fingerprint density at radius 3 is 2.38 bits per heavy atom. The summed E-state index contributed by atoms with van der Waals surface area (Å²) < 4.78 is 36.5. The van der Waals surface area contributed by atoms with Gasteiger partial charge in [0.05, 0.1) is 11.8 Å². The number of amides is 4. The molecule has 2 aliphatic rings. The van der Waals surface area contributed by atoms with E-state index in [0.29, 0.717) is 38.0 Å². The first kappa shape index (κ1) is 39.3. The van der Waals surface area contributed by atoms with Crippen LogP contribution in [0, 0.1) is 17.6 Å². The van der Waals surface area contributed by atoms with Crippen molar-refractivity contribution in [3.05, 3.63) is 77.1 Å². The standard InChI is InChI=1S/C39H51F2N7O5/c1-26(2)20-32-38(51)48-19-13-16-33(48)39(52)46(3)34(21-27-14-9-8-10-15-27)37(50)42-17-11-6-4-5-7-12-18-47-24-28(44-45-47)25-53-35-23-31(41)30(40)22-29(35)36(49)43-32/h8-10,14-15,22-24,26,32-34H,4-7,11-13,16-21,25H2,1-3H3,(H,42,50)(H,43,49)/t32-,33-,34+/m1/s1. The van der Waals surface area contributed by atoms with Gasteiger partial charge in [0.1, 0.15) is 36.2 Å². The largest absolute Gasteiger partial charge is 0.486 e. The highest BCUT2D eigenvalue weighted by Crippen LogP contribution is 2.26. The van der Waals surface area contributed by atoms with Crippen molar-refractivity contribution in [2.45, 2.75) is 109 Å². The first-order valence-corrected chi connectivity index (χ1v) is 18.7. The highest BCUT2D eigenvalue weighted by molar-refractivity contribution is 6.00. The molecule has 0 radical (unpaired) electrons. The van der Waals surface area contributed by atoms with E-state index >= 15 is 0 Å². The zero-order valence-corrected chi connectivity index (χ0v) is 30.9. The summed E-state index contributed by atoms with van der Waals surface area (Å²) in [4.78, 5) is 58.8. The average molecular weight is 736 g/mol. The van der Waals surface area contributed by atoms with Gasteiger partial charge in [0.2, 0.25) is 17.7 Å². The number of ether oxygens (including phenoxy) is 1. The number of carbonyl (C=O) groups excluding carboxylic acids is 4. The number of rotatable bonds is 4. The predicted octanol–water partition coefficient (Wildman–Crippen LogP) is 4.81. The highest BCUT2D eigenvalue weighted by Gasteiger charge is 2.41. The average Bonchev–Trinajstić information content (AvgIpc) is 3.82. The molecule has 286 valence electrons. The van der Waals surface area contributed by atoms with Crippen molar-refractivity contribution in [1.82, 2.24) is 35.4 Å². The molecular formula is C39H51F2N7O5. The molecule has 2 aliphatic heterocycles. The minimum absolute atomic E-state index is 0.0498. The van der Waals surface area contributed by atoms with Crippen molar-refractivity contribution in [2.75, 3.05) is 20.1 Å². The molecule has 5 rings (SSSR count). The number of likely N-dealkylation sites (N-methyl/N-ethyl adjacent to an activating group) is 1. The van der Waals surface area contributed by atoms with Gasteiger partial charge in [-0.15, -0.1) is 5.10 Å². The Morgan fingerprint density at radius 1 is 0.906 bits per heavy atom. The van der Waals surface area contributed by atoms with Crippen molar-refractivity contribution in [3.63, 3.8) is 0 Å². The van der Waals surface area contributed by atoms with Crippen LogP contribution in [0.25, 0.3) is 0 Å². The second-order valence-corrected chi connectivity index (χ2v) is 14.4. The molecular weight excluding hydrogens is 684 g/mol. The molecule has 53 heavy (non-hydrogen) atoms. The zero-order valence-electron chi connectivity index (χ0n) is 30.9. The van der Waals surface area contributed by atoms with Crippen LogP contribution >= 0.6 is 0 Å². The lowest BCUT2D eigenvalue weighted by Crippen LogP contribution is -2.57. The summed E-state index contributed by atoms with van der Waals surface area (Å²) >= 11 is 0. The van der Waals surface area contributed by atoms with E-state index in [4.69, 9.17) is 4.74 Å². The first-order valence-electron chi connectivity index (χ1n) is 18.7. The maximum absolute atomic E-state index is 14.6. The molecule has 0 unspecified atom stereocenters. The number of nitrogens with zero attached hydrogens (tertiary/aromatic N) is 5. The maximum atomic E-state index is 14.6. The molecule has 1 aromatic heterocycles. The van der Waals surface area contributed by atoms with Gasteiger partial charge in [-0.05, 0) is 49.7 Å². The van der Waals surface area contributed by atoms with Crippen LogP contribution in [-0.4, -0.2) is 86.7 Å². The number of halogens is 2. The Morgan fingerprint density at radius 2 is 1.62 bits per heavy atom. The van der Waals surface area contributed by atoms with Crippen LogP contribution in [0.15, 0.2) is 48.7 Å². The quantitative estimate of drug-likeness (QED) is 0.392. The molecule has 4 amide bonds. The molecule has 0 saturated carbocycles. The van der Waals surface area contributed by atoms with E-state index in [1.807, 2.05) is 44.2 Å². The van der Waals surface area contributed by atoms with Crippen LogP contribution in [0.3, 0.4) is 0 Å². The molecule has 2 N–H and O–H groups in total.